The zero-order chi connectivity index (χ0) is 13.9. The van der Waals surface area contributed by atoms with E-state index in [2.05, 4.69) is 39.8 Å². The Morgan fingerprint density at radius 1 is 0.684 bits per heavy atom. The second-order valence-corrected chi connectivity index (χ2v) is 10.6. The Kier molecular flexibility index (Phi) is 16.1. The standard InChI is InChI=1S/C16H37NP.BrH/c1-6-9-13-18(14-10-7-2,15-11-8-3)16-12-17(4)5;/h6-16H2,1-5H3;1H/q+1;/p-1. The topological polar surface area (TPSA) is 3.24 Å². The quantitative estimate of drug-likeness (QED) is 0.485. The first kappa shape index (κ1) is 22.2. The Morgan fingerprint density at radius 2 is 1.05 bits per heavy atom. The molecule has 0 heterocycles. The van der Waals surface area contributed by atoms with Crippen LogP contribution in [0.4, 0.5) is 0 Å². The molecule has 0 bridgehead atoms. The summed E-state index contributed by atoms with van der Waals surface area (Å²) in [7, 11) is 3.82. The Bertz CT molecular complexity index is 164. The van der Waals surface area contributed by atoms with E-state index >= 15 is 0 Å². The normalized spacial score (nSPS) is 11.7. The fourth-order valence-corrected chi connectivity index (χ4v) is 7.69. The molecule has 0 aromatic carbocycles. The predicted molar refractivity (Wildman–Crippen MR) is 89.7 cm³/mol. The van der Waals surface area contributed by atoms with Crippen molar-refractivity contribution < 1.29 is 17.0 Å². The van der Waals surface area contributed by atoms with Crippen molar-refractivity contribution in [1.29, 1.82) is 0 Å². The number of hydrogen-bond donors (Lipinski definition) is 0. The smallest absolute Gasteiger partial charge is 0.0721 e. The highest BCUT2D eigenvalue weighted by molar-refractivity contribution is 7.75. The first-order valence-corrected chi connectivity index (χ1v) is 10.6. The molecule has 0 saturated carbocycles. The van der Waals surface area contributed by atoms with Crippen molar-refractivity contribution in [1.82, 2.24) is 4.90 Å². The van der Waals surface area contributed by atoms with E-state index in [1.807, 2.05) is 0 Å². The van der Waals surface area contributed by atoms with Crippen molar-refractivity contribution in [3.05, 3.63) is 0 Å². The summed E-state index contributed by atoms with van der Waals surface area (Å²) in [6.07, 6.45) is 14.7. The van der Waals surface area contributed by atoms with Gasteiger partial charge in [0, 0.05) is 13.8 Å². The number of nitrogens with zero attached hydrogens (tertiary/aromatic N) is 1. The molecule has 0 amide bonds. The first-order chi connectivity index (χ1) is 8.60. The lowest BCUT2D eigenvalue weighted by Crippen LogP contribution is -3.00. The van der Waals surface area contributed by atoms with Gasteiger partial charge in [0.25, 0.3) is 0 Å². The van der Waals surface area contributed by atoms with Crippen molar-refractivity contribution in [2.45, 2.75) is 59.3 Å². The zero-order valence-electron chi connectivity index (χ0n) is 14.1. The second-order valence-electron chi connectivity index (χ2n) is 6.10. The molecule has 3 heteroatoms. The summed E-state index contributed by atoms with van der Waals surface area (Å²) in [5.74, 6) is 0. The number of unbranched alkanes of at least 4 members (excludes halogenated alkanes) is 3. The lowest BCUT2D eigenvalue weighted by Gasteiger charge is -2.29. The van der Waals surface area contributed by atoms with Crippen molar-refractivity contribution in [2.75, 3.05) is 45.3 Å². The average Bonchev–Trinajstić information content (AvgIpc) is 2.37. The molecular weight excluding hydrogens is 317 g/mol. The molecule has 0 rings (SSSR count). The average molecular weight is 354 g/mol. The van der Waals surface area contributed by atoms with Gasteiger partial charge in [-0.1, -0.05) is 40.0 Å². The van der Waals surface area contributed by atoms with E-state index in [0.29, 0.717) is 0 Å². The van der Waals surface area contributed by atoms with E-state index in [9.17, 15) is 0 Å². The minimum atomic E-state index is -0.641. The van der Waals surface area contributed by atoms with Gasteiger partial charge in [0.1, 0.15) is 0 Å². The molecular formula is C16H37BrNP. The molecule has 118 valence electrons. The van der Waals surface area contributed by atoms with Gasteiger partial charge in [-0.25, -0.2) is 0 Å². The maximum Gasteiger partial charge on any atom is 0.0721 e. The third-order valence-electron chi connectivity index (χ3n) is 3.98. The van der Waals surface area contributed by atoms with Gasteiger partial charge in [0.15, 0.2) is 0 Å². The zero-order valence-corrected chi connectivity index (χ0v) is 16.5. The molecule has 0 unspecified atom stereocenters. The summed E-state index contributed by atoms with van der Waals surface area (Å²) in [4.78, 5) is 2.39. The van der Waals surface area contributed by atoms with Crippen LogP contribution in [0.2, 0.25) is 0 Å². The molecule has 0 aliphatic heterocycles. The molecule has 0 aliphatic rings. The summed E-state index contributed by atoms with van der Waals surface area (Å²) < 4.78 is 0. The highest BCUT2D eigenvalue weighted by Crippen LogP contribution is 2.60. The van der Waals surface area contributed by atoms with E-state index in [0.717, 1.165) is 0 Å². The number of halogens is 1. The van der Waals surface area contributed by atoms with Crippen LogP contribution in [0.5, 0.6) is 0 Å². The van der Waals surface area contributed by atoms with Gasteiger partial charge in [-0.3, -0.25) is 0 Å². The van der Waals surface area contributed by atoms with E-state index in [-0.39, 0.29) is 17.0 Å². The summed E-state index contributed by atoms with van der Waals surface area (Å²) in [6.45, 7) is 8.35. The van der Waals surface area contributed by atoms with Gasteiger partial charge < -0.3 is 21.9 Å². The number of hydrogen-bond acceptors (Lipinski definition) is 1. The highest BCUT2D eigenvalue weighted by atomic mass is 79.9. The number of rotatable bonds is 12. The Balaban J connectivity index is 0. The molecule has 0 atom stereocenters. The van der Waals surface area contributed by atoms with E-state index < -0.39 is 7.26 Å². The Hall–Kier alpha value is 0.870. The van der Waals surface area contributed by atoms with Crippen LogP contribution in [0, 0.1) is 0 Å². The summed E-state index contributed by atoms with van der Waals surface area (Å²) >= 11 is 0. The van der Waals surface area contributed by atoms with Crippen molar-refractivity contribution in [2.24, 2.45) is 0 Å². The largest absolute Gasteiger partial charge is 1.00 e. The minimum absolute atomic E-state index is 0. The van der Waals surface area contributed by atoms with Crippen LogP contribution in [0.3, 0.4) is 0 Å². The molecule has 0 aromatic rings. The third-order valence-corrected chi connectivity index (χ3v) is 8.92. The van der Waals surface area contributed by atoms with E-state index in [1.165, 1.54) is 51.2 Å². The van der Waals surface area contributed by atoms with Gasteiger partial charge in [0.2, 0.25) is 0 Å². The Morgan fingerprint density at radius 3 is 1.32 bits per heavy atom. The van der Waals surface area contributed by atoms with Crippen LogP contribution in [0.25, 0.3) is 0 Å². The maximum atomic E-state index is 2.39. The molecule has 19 heavy (non-hydrogen) atoms. The van der Waals surface area contributed by atoms with E-state index in [4.69, 9.17) is 0 Å². The lowest BCUT2D eigenvalue weighted by atomic mass is 10.4. The fourth-order valence-electron chi connectivity index (χ4n) is 2.56. The first-order valence-electron chi connectivity index (χ1n) is 8.10. The van der Waals surface area contributed by atoms with Crippen LogP contribution in [-0.4, -0.2) is 50.2 Å². The van der Waals surface area contributed by atoms with Crippen LogP contribution in [0.15, 0.2) is 0 Å². The lowest BCUT2D eigenvalue weighted by molar-refractivity contribution is -0.00000427. The third kappa shape index (κ3) is 11.2. The van der Waals surface area contributed by atoms with Crippen molar-refractivity contribution in [3.63, 3.8) is 0 Å². The molecule has 0 aliphatic carbocycles. The minimum Gasteiger partial charge on any atom is -1.00 e. The summed E-state index contributed by atoms with van der Waals surface area (Å²) in [5.41, 5.74) is 0. The van der Waals surface area contributed by atoms with Gasteiger partial charge in [-0.15, -0.1) is 0 Å². The fraction of sp³-hybridized carbons (Fsp3) is 1.00. The van der Waals surface area contributed by atoms with Gasteiger partial charge >= 0.3 is 0 Å². The molecule has 0 fully saturated rings. The van der Waals surface area contributed by atoms with Gasteiger partial charge in [-0.05, 0) is 33.4 Å². The van der Waals surface area contributed by atoms with Gasteiger partial charge in [0.05, 0.1) is 24.6 Å². The predicted octanol–water partition coefficient (Wildman–Crippen LogP) is 1.97. The maximum absolute atomic E-state index is 2.39. The molecule has 1 nitrogen and oxygen atoms in total. The van der Waals surface area contributed by atoms with Crippen LogP contribution < -0.4 is 17.0 Å². The van der Waals surface area contributed by atoms with Crippen LogP contribution in [-0.2, 0) is 0 Å². The molecule has 0 N–H and O–H groups in total. The summed E-state index contributed by atoms with van der Waals surface area (Å²) in [6, 6.07) is 0. The molecule has 0 saturated heterocycles. The Labute approximate surface area is 134 Å². The highest BCUT2D eigenvalue weighted by Gasteiger charge is 2.34. The summed E-state index contributed by atoms with van der Waals surface area (Å²) in [5, 5.41) is 0. The molecule has 0 spiro atoms. The van der Waals surface area contributed by atoms with Crippen LogP contribution >= 0.6 is 7.26 Å². The second kappa shape index (κ2) is 13.8. The van der Waals surface area contributed by atoms with Crippen molar-refractivity contribution >= 4 is 7.26 Å². The van der Waals surface area contributed by atoms with Crippen molar-refractivity contribution in [3.8, 4) is 0 Å². The molecule has 0 radical (unpaired) electrons. The van der Waals surface area contributed by atoms with Crippen LogP contribution in [0.1, 0.15) is 59.3 Å². The SMILES string of the molecule is CCCC[P+](CCCC)(CCCC)CCN(C)C.[Br-]. The monoisotopic (exact) mass is 353 g/mol. The van der Waals surface area contributed by atoms with Gasteiger partial charge in [-0.2, -0.15) is 0 Å². The molecule has 0 aromatic heterocycles. The van der Waals surface area contributed by atoms with E-state index in [1.54, 1.807) is 18.5 Å².